The molecule has 2 N–H and O–H groups in total. The Morgan fingerprint density at radius 2 is 1.94 bits per heavy atom. The van der Waals surface area contributed by atoms with Crippen LogP contribution in [0.15, 0.2) is 55.0 Å². The maximum absolute atomic E-state index is 13.5. The lowest BCUT2D eigenvalue weighted by atomic mass is 9.61. The average molecular weight is 693 g/mol. The molecule has 9 nitrogen and oxygen atoms in total. The van der Waals surface area contributed by atoms with E-state index in [9.17, 15) is 18.3 Å². The van der Waals surface area contributed by atoms with E-state index in [0.717, 1.165) is 48.5 Å². The molecule has 1 fully saturated rings. The van der Waals surface area contributed by atoms with E-state index < -0.39 is 26.8 Å². The number of rotatable bonds is 2. The molecule has 2 aliphatic carbocycles. The molecule has 2 aromatic carbocycles. The van der Waals surface area contributed by atoms with E-state index in [2.05, 4.69) is 31.7 Å². The topological polar surface area (TPSA) is 122 Å². The van der Waals surface area contributed by atoms with Crippen LogP contribution in [0, 0.1) is 17.8 Å². The molecule has 1 spiro atoms. The highest BCUT2D eigenvalue weighted by atomic mass is 35.5. The van der Waals surface area contributed by atoms with E-state index in [1.165, 1.54) is 17.5 Å². The Balaban J connectivity index is 1.31. The minimum atomic E-state index is -3.96. The summed E-state index contributed by atoms with van der Waals surface area (Å²) < 4.78 is 35.9. The van der Waals surface area contributed by atoms with Gasteiger partial charge in [0.05, 0.1) is 23.1 Å². The number of hydrogen-bond donors (Lipinski definition) is 2. The monoisotopic (exact) mass is 692 g/mol. The third kappa shape index (κ3) is 6.31. The maximum atomic E-state index is 13.5. The summed E-state index contributed by atoms with van der Waals surface area (Å²) in [7, 11) is -3.96. The summed E-state index contributed by atoms with van der Waals surface area (Å²) in [5.74, 6) is 0.0486. The number of amides is 1. The van der Waals surface area contributed by atoms with Crippen molar-refractivity contribution < 1.29 is 23.1 Å². The largest absolute Gasteiger partial charge is 0.490 e. The highest BCUT2D eigenvalue weighted by molar-refractivity contribution is 7.90. The van der Waals surface area contributed by atoms with Crippen molar-refractivity contribution >= 4 is 33.2 Å². The molecule has 0 saturated heterocycles. The van der Waals surface area contributed by atoms with Crippen LogP contribution < -0.4 is 14.4 Å². The van der Waals surface area contributed by atoms with Gasteiger partial charge < -0.3 is 14.7 Å². The predicted octanol–water partition coefficient (Wildman–Crippen LogP) is 5.87. The third-order valence-electron chi connectivity index (χ3n) is 11.8. The summed E-state index contributed by atoms with van der Waals surface area (Å²) in [6.45, 7) is 5.37. The highest BCUT2D eigenvalue weighted by Crippen LogP contribution is 2.49. The van der Waals surface area contributed by atoms with Gasteiger partial charge in [0.15, 0.2) is 0 Å². The molecule has 0 radical (unpaired) electrons. The molecule has 4 aliphatic rings. The van der Waals surface area contributed by atoms with Gasteiger partial charge in [0.1, 0.15) is 12.1 Å². The van der Waals surface area contributed by atoms with E-state index in [0.29, 0.717) is 51.1 Å². The second-order valence-electron chi connectivity index (χ2n) is 14.8. The smallest absolute Gasteiger partial charge is 0.264 e. The molecule has 11 heteroatoms. The van der Waals surface area contributed by atoms with Gasteiger partial charge in [-0.05, 0) is 117 Å². The first-order chi connectivity index (χ1) is 23.0. The lowest BCUT2D eigenvalue weighted by molar-refractivity contribution is -0.0886. The van der Waals surface area contributed by atoms with E-state index in [1.807, 2.05) is 19.1 Å². The van der Waals surface area contributed by atoms with Crippen molar-refractivity contribution in [2.75, 3.05) is 24.6 Å². The molecule has 3 heterocycles. The van der Waals surface area contributed by atoms with Crippen LogP contribution >= 0.6 is 11.6 Å². The van der Waals surface area contributed by atoms with E-state index in [-0.39, 0.29) is 28.7 Å². The fourth-order valence-corrected chi connectivity index (χ4v) is 10.2. The van der Waals surface area contributed by atoms with Crippen LogP contribution in [0.1, 0.15) is 86.0 Å². The molecule has 48 heavy (non-hydrogen) atoms. The van der Waals surface area contributed by atoms with Crippen LogP contribution in [-0.2, 0) is 28.3 Å². The second kappa shape index (κ2) is 12.9. The van der Waals surface area contributed by atoms with Crippen molar-refractivity contribution in [1.82, 2.24) is 14.7 Å². The zero-order valence-electron chi connectivity index (χ0n) is 27.7. The van der Waals surface area contributed by atoms with Gasteiger partial charge in [-0.1, -0.05) is 31.0 Å². The number of aryl methyl sites for hydroxylation is 1. The molecule has 256 valence electrons. The molecule has 7 rings (SSSR count). The number of sulfonamides is 1. The highest BCUT2D eigenvalue weighted by Gasteiger charge is 2.49. The molecule has 1 amide bonds. The Bertz CT molecular complexity index is 1790. The van der Waals surface area contributed by atoms with E-state index >= 15 is 0 Å². The Morgan fingerprint density at radius 3 is 2.71 bits per heavy atom. The second-order valence-corrected chi connectivity index (χ2v) is 17.2. The molecular weight excluding hydrogens is 648 g/mol. The van der Waals surface area contributed by atoms with Crippen molar-refractivity contribution in [1.29, 1.82) is 0 Å². The number of carbonyl (C=O) groups is 1. The predicted molar refractivity (Wildman–Crippen MR) is 186 cm³/mol. The van der Waals surface area contributed by atoms with Crippen LogP contribution in [0.25, 0.3) is 0 Å². The summed E-state index contributed by atoms with van der Waals surface area (Å²) in [6.07, 6.45) is 10.2. The first-order valence-electron chi connectivity index (χ1n) is 17.3. The Labute approximate surface area is 288 Å². The number of anilines is 1. The van der Waals surface area contributed by atoms with E-state index in [1.54, 1.807) is 31.3 Å². The number of aliphatic hydroxyl groups is 1. The Kier molecular flexibility index (Phi) is 8.96. The maximum Gasteiger partial charge on any atom is 0.264 e. The molecule has 0 unspecified atom stereocenters. The zero-order valence-corrected chi connectivity index (χ0v) is 29.3. The summed E-state index contributed by atoms with van der Waals surface area (Å²) in [6, 6.07) is 13.3. The van der Waals surface area contributed by atoms with Gasteiger partial charge in [-0.2, -0.15) is 0 Å². The lowest BCUT2D eigenvalue weighted by Gasteiger charge is -2.50. The Hall–Kier alpha value is -3.21. The number of carbonyl (C=O) groups excluding carboxylic acids is 1. The minimum absolute atomic E-state index is 0.0318. The summed E-state index contributed by atoms with van der Waals surface area (Å²) in [5, 5.41) is 12.5. The molecule has 6 atom stereocenters. The van der Waals surface area contributed by atoms with Crippen LogP contribution in [-0.4, -0.2) is 59.9 Å². The van der Waals surface area contributed by atoms with Gasteiger partial charge in [-0.25, -0.2) is 23.1 Å². The van der Waals surface area contributed by atoms with Crippen LogP contribution in [0.4, 0.5) is 5.69 Å². The van der Waals surface area contributed by atoms with Crippen molar-refractivity contribution in [2.24, 2.45) is 17.8 Å². The SMILES string of the molecule is C[C@@H]1[C@@H](C)CCC[C@@](O)(Cc2ccncn2)[C@@H]2CC[C@H]2CN2C[C@@]3(CCCc4cc(Cl)ccc43)COc3ccc(cc32)C(=O)NS1(=O)=O. The van der Waals surface area contributed by atoms with Gasteiger partial charge in [0, 0.05) is 47.4 Å². The first-order valence-corrected chi connectivity index (χ1v) is 19.2. The van der Waals surface area contributed by atoms with Crippen molar-refractivity contribution in [3.05, 3.63) is 82.4 Å². The minimum Gasteiger partial charge on any atom is -0.490 e. The zero-order chi connectivity index (χ0) is 33.7. The van der Waals surface area contributed by atoms with Crippen molar-refractivity contribution in [3.63, 3.8) is 0 Å². The van der Waals surface area contributed by atoms with Crippen LogP contribution in [0.2, 0.25) is 5.02 Å². The summed E-state index contributed by atoms with van der Waals surface area (Å²) >= 11 is 6.45. The fraction of sp³-hybridized carbons (Fsp3) is 0.541. The molecular formula is C37H45ClN4O5S. The fourth-order valence-electron chi connectivity index (χ4n) is 8.73. The van der Waals surface area contributed by atoms with Crippen molar-refractivity contribution in [2.45, 2.75) is 87.9 Å². The van der Waals surface area contributed by atoms with Gasteiger partial charge in [0.2, 0.25) is 10.0 Å². The Morgan fingerprint density at radius 1 is 1.08 bits per heavy atom. The quantitative estimate of drug-likeness (QED) is 0.342. The average Bonchev–Trinajstić information content (AvgIpc) is 3.19. The number of ether oxygens (including phenoxy) is 1. The number of hydrogen-bond acceptors (Lipinski definition) is 8. The van der Waals surface area contributed by atoms with Gasteiger partial charge in [0.25, 0.3) is 5.91 Å². The van der Waals surface area contributed by atoms with Crippen molar-refractivity contribution in [3.8, 4) is 5.75 Å². The number of aromatic nitrogens is 2. The number of halogens is 1. The third-order valence-corrected chi connectivity index (χ3v) is 13.9. The molecule has 2 bridgehead atoms. The molecule has 2 aliphatic heterocycles. The molecule has 3 aromatic rings. The first kappa shape index (κ1) is 33.3. The number of nitrogens with zero attached hydrogens (tertiary/aromatic N) is 3. The summed E-state index contributed by atoms with van der Waals surface area (Å²) in [5.41, 5.74) is 3.03. The van der Waals surface area contributed by atoms with Crippen LogP contribution in [0.3, 0.4) is 0 Å². The normalized spacial score (nSPS) is 31.8. The van der Waals surface area contributed by atoms with Gasteiger partial charge >= 0.3 is 0 Å². The van der Waals surface area contributed by atoms with Gasteiger partial charge in [-0.15, -0.1) is 0 Å². The number of nitrogens with one attached hydrogen (secondary N) is 1. The lowest BCUT2D eigenvalue weighted by Crippen LogP contribution is -2.54. The summed E-state index contributed by atoms with van der Waals surface area (Å²) in [4.78, 5) is 24.4. The number of fused-ring (bicyclic) bond motifs is 4. The van der Waals surface area contributed by atoms with E-state index in [4.69, 9.17) is 16.3 Å². The standard InChI is InChI=1S/C37H45ClN4O5S/c1-24-5-3-15-37(44,19-30-13-16-39-23-40-30)32-10-7-28(32)20-42-21-36(14-4-6-26-17-29(38)9-11-31(26)36)22-47-34-12-8-27(18-33(34)42)35(43)41-48(45,46)25(24)2/h8-9,11-13,16-18,23-25,28,32,44H,3-7,10,14-15,19-22H2,1-2H3,(H,41,43)/t24-,25+,28-,32+,36-,37+/m0/s1. The van der Waals surface area contributed by atoms with Crippen LogP contribution in [0.5, 0.6) is 5.75 Å². The number of benzene rings is 2. The molecule has 1 saturated carbocycles. The van der Waals surface area contributed by atoms with Gasteiger partial charge in [-0.3, -0.25) is 4.79 Å². The molecule has 1 aromatic heterocycles.